The highest BCUT2D eigenvalue weighted by molar-refractivity contribution is 6.18. The van der Waals surface area contributed by atoms with Gasteiger partial charge in [-0.2, -0.15) is 0 Å². The zero-order chi connectivity index (χ0) is 12.2. The molecule has 0 aliphatic rings. The molecule has 0 radical (unpaired) electrons. The van der Waals surface area contributed by atoms with Crippen LogP contribution >= 0.6 is 0 Å². The summed E-state index contributed by atoms with van der Waals surface area (Å²) in [5, 5.41) is 8.89. The van der Waals surface area contributed by atoms with Gasteiger partial charge >= 0.3 is 5.97 Å². The number of carboxylic acid groups (broad SMARTS) is 1. The Morgan fingerprint density at radius 1 is 1.20 bits per heavy atom. The van der Waals surface area contributed by atoms with E-state index in [0.29, 0.717) is 0 Å². The molecule has 0 bridgehead atoms. The van der Waals surface area contributed by atoms with Crippen LogP contribution in [0.4, 0.5) is 0 Å². The summed E-state index contributed by atoms with van der Waals surface area (Å²) in [6, 6.07) is -0.438. The Kier molecular flexibility index (Phi) is 5.00. The second-order valence-electron chi connectivity index (χ2n) is 3.82. The predicted octanol–water partition coefficient (Wildman–Crippen LogP) is 0.0357. The Morgan fingerprint density at radius 3 is 1.93 bits per heavy atom. The summed E-state index contributed by atoms with van der Waals surface area (Å²) in [6.07, 6.45) is 1.32. The van der Waals surface area contributed by atoms with Gasteiger partial charge in [-0.1, -0.05) is 0 Å². The van der Waals surface area contributed by atoms with Crippen LogP contribution in [0.15, 0.2) is 11.8 Å². The lowest BCUT2D eigenvalue weighted by atomic mass is 10.1. The molecule has 0 saturated carbocycles. The highest BCUT2D eigenvalue weighted by Crippen LogP contribution is 2.05. The smallest absolute Gasteiger partial charge is 0.340 e. The van der Waals surface area contributed by atoms with Crippen molar-refractivity contribution in [2.24, 2.45) is 0 Å². The Balaban J connectivity index is 4.96. The first-order valence-corrected chi connectivity index (χ1v) is 4.59. The minimum atomic E-state index is -1.19. The van der Waals surface area contributed by atoms with E-state index in [2.05, 4.69) is 0 Å². The normalized spacial score (nSPS) is 13.9. The lowest BCUT2D eigenvalue weighted by Gasteiger charge is -2.19. The number of carbonyl (C=O) groups excluding carboxylic acids is 1. The van der Waals surface area contributed by atoms with E-state index in [9.17, 15) is 9.59 Å². The molecule has 0 spiro atoms. The summed E-state index contributed by atoms with van der Waals surface area (Å²) in [5.74, 6) is -1.58. The highest BCUT2D eigenvalue weighted by Gasteiger charge is 2.24. The van der Waals surface area contributed by atoms with Crippen LogP contribution in [0.25, 0.3) is 0 Å². The van der Waals surface area contributed by atoms with Crippen LogP contribution in [0, 0.1) is 0 Å². The van der Waals surface area contributed by atoms with E-state index in [0.717, 1.165) is 0 Å². The van der Waals surface area contributed by atoms with Gasteiger partial charge in [0.1, 0.15) is 5.57 Å². The van der Waals surface area contributed by atoms with Crippen LogP contribution in [0.5, 0.6) is 0 Å². The van der Waals surface area contributed by atoms with Crippen molar-refractivity contribution in [2.45, 2.75) is 13.0 Å². The summed E-state index contributed by atoms with van der Waals surface area (Å²) in [6.45, 7) is 1.68. The Hall–Kier alpha value is -1.36. The van der Waals surface area contributed by atoms with Crippen molar-refractivity contribution in [1.82, 2.24) is 9.80 Å². The molecular formula is C10H18N2O3. The van der Waals surface area contributed by atoms with Gasteiger partial charge in [0.15, 0.2) is 5.78 Å². The minimum Gasteiger partial charge on any atom is -0.478 e. The van der Waals surface area contributed by atoms with Crippen molar-refractivity contribution in [1.29, 1.82) is 0 Å². The van der Waals surface area contributed by atoms with Crippen molar-refractivity contribution in [3.05, 3.63) is 11.8 Å². The third-order valence-corrected chi connectivity index (χ3v) is 2.04. The topological polar surface area (TPSA) is 60.9 Å². The third-order valence-electron chi connectivity index (χ3n) is 2.04. The number of aliphatic carboxylic acids is 1. The van der Waals surface area contributed by atoms with Gasteiger partial charge in [0, 0.05) is 20.3 Å². The van der Waals surface area contributed by atoms with Gasteiger partial charge in [0.05, 0.1) is 6.04 Å². The standard InChI is InChI=1S/C10H18N2O3/c1-7(12(4)5)9(13)8(10(14)15)6-11(2)3/h6-7H,1-5H3,(H,14,15). The van der Waals surface area contributed by atoms with Gasteiger partial charge in [-0.05, 0) is 21.0 Å². The molecule has 0 amide bonds. The summed E-state index contributed by atoms with van der Waals surface area (Å²) in [4.78, 5) is 25.8. The highest BCUT2D eigenvalue weighted by atomic mass is 16.4. The number of carboxylic acids is 1. The van der Waals surface area contributed by atoms with Crippen molar-refractivity contribution in [3.8, 4) is 0 Å². The largest absolute Gasteiger partial charge is 0.478 e. The van der Waals surface area contributed by atoms with Gasteiger partial charge < -0.3 is 10.0 Å². The summed E-state index contributed by atoms with van der Waals surface area (Å²) >= 11 is 0. The van der Waals surface area contributed by atoms with Gasteiger partial charge in [-0.3, -0.25) is 9.69 Å². The summed E-state index contributed by atoms with van der Waals surface area (Å²) < 4.78 is 0. The number of hydrogen-bond donors (Lipinski definition) is 1. The molecule has 86 valence electrons. The Bertz CT molecular complexity index is 282. The van der Waals surface area contributed by atoms with Crippen LogP contribution in [0.3, 0.4) is 0 Å². The second kappa shape index (κ2) is 5.50. The van der Waals surface area contributed by atoms with Crippen molar-refractivity contribution in [3.63, 3.8) is 0 Å². The Morgan fingerprint density at radius 2 is 1.67 bits per heavy atom. The molecular weight excluding hydrogens is 196 g/mol. The maximum absolute atomic E-state index is 11.7. The molecule has 0 fully saturated rings. The first-order valence-electron chi connectivity index (χ1n) is 4.59. The van der Waals surface area contributed by atoms with Gasteiger partial charge in [-0.25, -0.2) is 4.79 Å². The average molecular weight is 214 g/mol. The lowest BCUT2D eigenvalue weighted by molar-refractivity contribution is -0.135. The molecule has 5 nitrogen and oxygen atoms in total. The van der Waals surface area contributed by atoms with Crippen LogP contribution in [-0.2, 0) is 9.59 Å². The molecule has 0 aliphatic heterocycles. The van der Waals surface area contributed by atoms with E-state index in [4.69, 9.17) is 5.11 Å². The fraction of sp³-hybridized carbons (Fsp3) is 0.600. The molecule has 1 atom stereocenters. The first-order chi connectivity index (χ1) is 6.77. The third kappa shape index (κ3) is 4.12. The van der Waals surface area contributed by atoms with E-state index in [1.54, 1.807) is 44.9 Å². The van der Waals surface area contributed by atoms with Crippen LogP contribution < -0.4 is 0 Å². The van der Waals surface area contributed by atoms with Gasteiger partial charge in [-0.15, -0.1) is 0 Å². The SMILES string of the molecule is CC(C(=O)C(=CN(C)C)C(=O)O)N(C)C. The number of ketones is 1. The number of rotatable bonds is 5. The second-order valence-corrected chi connectivity index (χ2v) is 3.82. The maximum Gasteiger partial charge on any atom is 0.340 e. The zero-order valence-corrected chi connectivity index (χ0v) is 9.81. The van der Waals surface area contributed by atoms with Crippen molar-refractivity contribution < 1.29 is 14.7 Å². The van der Waals surface area contributed by atoms with Crippen molar-refractivity contribution >= 4 is 11.8 Å². The number of Topliss-reactive ketones (excluding diaryl/α,β-unsaturated/α-hetero) is 1. The fourth-order valence-corrected chi connectivity index (χ4v) is 0.942. The number of carbonyl (C=O) groups is 2. The molecule has 0 heterocycles. The monoisotopic (exact) mass is 214 g/mol. The molecule has 0 aliphatic carbocycles. The number of hydrogen-bond acceptors (Lipinski definition) is 4. The fourth-order valence-electron chi connectivity index (χ4n) is 0.942. The number of likely N-dealkylation sites (N-methyl/N-ethyl adjacent to an activating group) is 1. The van der Waals surface area contributed by atoms with E-state index >= 15 is 0 Å². The van der Waals surface area contributed by atoms with E-state index in [1.807, 2.05) is 0 Å². The van der Waals surface area contributed by atoms with E-state index in [1.165, 1.54) is 6.20 Å². The van der Waals surface area contributed by atoms with Crippen LogP contribution in [-0.4, -0.2) is 60.9 Å². The van der Waals surface area contributed by atoms with Crippen LogP contribution in [0.2, 0.25) is 0 Å². The first kappa shape index (κ1) is 13.6. The van der Waals surface area contributed by atoms with Crippen LogP contribution in [0.1, 0.15) is 6.92 Å². The van der Waals surface area contributed by atoms with Gasteiger partial charge in [0.25, 0.3) is 0 Å². The molecule has 0 saturated heterocycles. The Labute approximate surface area is 90.0 Å². The number of nitrogens with zero attached hydrogens (tertiary/aromatic N) is 2. The molecule has 5 heteroatoms. The van der Waals surface area contributed by atoms with Gasteiger partial charge in [0.2, 0.25) is 0 Å². The van der Waals surface area contributed by atoms with Crippen molar-refractivity contribution in [2.75, 3.05) is 28.2 Å². The lowest BCUT2D eigenvalue weighted by Crippen LogP contribution is -2.36. The molecule has 0 aromatic rings. The minimum absolute atomic E-state index is 0.193. The zero-order valence-electron chi connectivity index (χ0n) is 9.81. The molecule has 1 unspecified atom stereocenters. The average Bonchev–Trinajstić information content (AvgIpc) is 2.10. The molecule has 0 aromatic heterocycles. The maximum atomic E-state index is 11.7. The predicted molar refractivity (Wildman–Crippen MR) is 57.6 cm³/mol. The molecule has 0 rings (SSSR count). The molecule has 15 heavy (non-hydrogen) atoms. The van der Waals surface area contributed by atoms with E-state index in [-0.39, 0.29) is 11.4 Å². The molecule has 1 N–H and O–H groups in total. The quantitative estimate of drug-likeness (QED) is 0.397. The van der Waals surface area contributed by atoms with E-state index < -0.39 is 12.0 Å². The summed E-state index contributed by atoms with van der Waals surface area (Å²) in [5.41, 5.74) is -0.193. The summed E-state index contributed by atoms with van der Waals surface area (Å²) in [7, 11) is 6.82. The molecule has 0 aromatic carbocycles.